The quantitative estimate of drug-likeness (QED) is 0.755. The van der Waals surface area contributed by atoms with Gasteiger partial charge in [0.1, 0.15) is 0 Å². The van der Waals surface area contributed by atoms with Crippen molar-refractivity contribution in [2.45, 2.75) is 44.6 Å². The molecule has 5 heteroatoms. The second kappa shape index (κ2) is 5.74. The highest BCUT2D eigenvalue weighted by Gasteiger charge is 2.42. The van der Waals surface area contributed by atoms with Crippen LogP contribution in [0.4, 0.5) is 4.79 Å². The minimum absolute atomic E-state index is 0.0145. The highest BCUT2D eigenvalue weighted by atomic mass is 32.1. The Bertz CT molecular complexity index is 454. The summed E-state index contributed by atoms with van der Waals surface area (Å²) >= 11 is 1.70. The fourth-order valence-corrected chi connectivity index (χ4v) is 3.20. The van der Waals surface area contributed by atoms with Crippen LogP contribution in [0.1, 0.15) is 38.5 Å². The van der Waals surface area contributed by atoms with Gasteiger partial charge in [-0.25, -0.2) is 4.79 Å². The topological polar surface area (TPSA) is 61.4 Å². The van der Waals surface area contributed by atoms with E-state index in [-0.39, 0.29) is 18.1 Å². The van der Waals surface area contributed by atoms with Gasteiger partial charge in [-0.3, -0.25) is 0 Å². The Morgan fingerprint density at radius 1 is 1.45 bits per heavy atom. The number of nitrogens with one attached hydrogen (secondary N) is 2. The molecule has 0 aromatic carbocycles. The molecule has 1 heterocycles. The molecule has 1 saturated carbocycles. The molecular formula is C15H24N2O2S. The van der Waals surface area contributed by atoms with E-state index in [2.05, 4.69) is 30.5 Å². The maximum absolute atomic E-state index is 12.0. The smallest absolute Gasteiger partial charge is 0.315 e. The lowest BCUT2D eigenvalue weighted by Crippen LogP contribution is -2.55. The van der Waals surface area contributed by atoms with E-state index in [1.165, 1.54) is 4.88 Å². The van der Waals surface area contributed by atoms with E-state index in [1.807, 2.05) is 18.4 Å². The molecule has 3 N–H and O–H groups in total. The molecule has 2 rings (SSSR count). The van der Waals surface area contributed by atoms with Crippen molar-refractivity contribution >= 4 is 17.4 Å². The summed E-state index contributed by atoms with van der Waals surface area (Å²) in [6, 6.07) is 3.92. The molecule has 2 amide bonds. The molecule has 1 aromatic heterocycles. The molecule has 20 heavy (non-hydrogen) atoms. The molecule has 112 valence electrons. The maximum atomic E-state index is 12.0. The van der Waals surface area contributed by atoms with Gasteiger partial charge < -0.3 is 15.7 Å². The molecule has 0 spiro atoms. The highest BCUT2D eigenvalue weighted by molar-refractivity contribution is 7.10. The molecule has 0 radical (unpaired) electrons. The zero-order valence-electron chi connectivity index (χ0n) is 12.4. The minimum Gasteiger partial charge on any atom is -0.394 e. The predicted molar refractivity (Wildman–Crippen MR) is 82.1 cm³/mol. The van der Waals surface area contributed by atoms with Crippen molar-refractivity contribution in [3.63, 3.8) is 0 Å². The van der Waals surface area contributed by atoms with Crippen LogP contribution >= 0.6 is 11.3 Å². The monoisotopic (exact) mass is 296 g/mol. The second-order valence-corrected chi connectivity index (χ2v) is 7.47. The number of aliphatic hydroxyl groups excluding tert-OH is 1. The predicted octanol–water partition coefficient (Wildman–Crippen LogP) is 2.49. The lowest BCUT2D eigenvalue weighted by atomic mass is 9.91. The standard InChI is InChI=1S/C15H24N2O2S/c1-14(2,12-5-4-8-20-12)9-16-13(19)17-15(3,10-18)11-6-7-11/h4-5,8,11,18H,6-7,9-10H2,1-3H3,(H2,16,17,19). The number of hydrogen-bond acceptors (Lipinski definition) is 3. The molecule has 1 aliphatic carbocycles. The van der Waals surface area contributed by atoms with Crippen LogP contribution in [0.3, 0.4) is 0 Å². The fourth-order valence-electron chi connectivity index (χ4n) is 2.35. The van der Waals surface area contributed by atoms with Gasteiger partial charge in [0.15, 0.2) is 0 Å². The second-order valence-electron chi connectivity index (χ2n) is 6.52. The maximum Gasteiger partial charge on any atom is 0.315 e. The van der Waals surface area contributed by atoms with Gasteiger partial charge in [0.25, 0.3) is 0 Å². The zero-order chi connectivity index (χ0) is 14.8. The van der Waals surface area contributed by atoms with Crippen LogP contribution in [0.25, 0.3) is 0 Å². The Labute approximate surface area is 124 Å². The Morgan fingerprint density at radius 3 is 2.65 bits per heavy atom. The van der Waals surface area contributed by atoms with Gasteiger partial charge in [0, 0.05) is 16.8 Å². The van der Waals surface area contributed by atoms with Gasteiger partial charge in [0.2, 0.25) is 0 Å². The number of urea groups is 1. The molecule has 0 aliphatic heterocycles. The van der Waals surface area contributed by atoms with Crippen molar-refractivity contribution in [3.8, 4) is 0 Å². The Balaban J connectivity index is 1.86. The van der Waals surface area contributed by atoms with Crippen molar-refractivity contribution in [1.82, 2.24) is 10.6 Å². The molecular weight excluding hydrogens is 272 g/mol. The van der Waals surface area contributed by atoms with E-state index in [9.17, 15) is 9.90 Å². The van der Waals surface area contributed by atoms with Crippen molar-refractivity contribution < 1.29 is 9.90 Å². The third-order valence-corrected chi connectivity index (χ3v) is 5.32. The third-order valence-electron chi connectivity index (χ3n) is 4.09. The first kappa shape index (κ1) is 15.3. The summed E-state index contributed by atoms with van der Waals surface area (Å²) in [6.45, 7) is 6.70. The fraction of sp³-hybridized carbons (Fsp3) is 0.667. The summed E-state index contributed by atoms with van der Waals surface area (Å²) < 4.78 is 0. The van der Waals surface area contributed by atoms with E-state index in [4.69, 9.17) is 0 Å². The summed E-state index contributed by atoms with van der Waals surface area (Å²) in [6.07, 6.45) is 2.16. The van der Waals surface area contributed by atoms with E-state index < -0.39 is 5.54 Å². The number of thiophene rings is 1. The molecule has 1 aliphatic rings. The Kier molecular flexibility index (Phi) is 4.39. The summed E-state index contributed by atoms with van der Waals surface area (Å²) in [5.41, 5.74) is -0.572. The van der Waals surface area contributed by atoms with E-state index in [0.717, 1.165) is 12.8 Å². The van der Waals surface area contributed by atoms with Crippen molar-refractivity contribution in [2.75, 3.05) is 13.2 Å². The zero-order valence-corrected chi connectivity index (χ0v) is 13.2. The average Bonchev–Trinajstić information content (AvgIpc) is 3.12. The third kappa shape index (κ3) is 3.52. The summed E-state index contributed by atoms with van der Waals surface area (Å²) in [7, 11) is 0. The van der Waals surface area contributed by atoms with Gasteiger partial charge in [0.05, 0.1) is 12.1 Å². The first-order valence-corrected chi connectivity index (χ1v) is 7.96. The largest absolute Gasteiger partial charge is 0.394 e. The minimum atomic E-state index is -0.489. The first-order chi connectivity index (χ1) is 9.37. The normalized spacial score (nSPS) is 18.4. The molecule has 1 aromatic rings. The summed E-state index contributed by atoms with van der Waals surface area (Å²) in [5.74, 6) is 0.406. The lowest BCUT2D eigenvalue weighted by Gasteiger charge is -2.30. The molecule has 1 unspecified atom stereocenters. The first-order valence-electron chi connectivity index (χ1n) is 7.08. The van der Waals surface area contributed by atoms with Gasteiger partial charge in [-0.2, -0.15) is 0 Å². The number of amides is 2. The average molecular weight is 296 g/mol. The molecule has 0 saturated heterocycles. The Hall–Kier alpha value is -1.07. The molecule has 1 atom stereocenters. The summed E-state index contributed by atoms with van der Waals surface area (Å²) in [4.78, 5) is 13.3. The lowest BCUT2D eigenvalue weighted by molar-refractivity contribution is 0.154. The van der Waals surface area contributed by atoms with Crippen LogP contribution in [0.5, 0.6) is 0 Å². The van der Waals surface area contributed by atoms with Crippen LogP contribution in [0, 0.1) is 5.92 Å². The van der Waals surface area contributed by atoms with Gasteiger partial charge in [-0.1, -0.05) is 19.9 Å². The van der Waals surface area contributed by atoms with Gasteiger partial charge >= 0.3 is 6.03 Å². The van der Waals surface area contributed by atoms with Gasteiger partial charge in [-0.05, 0) is 37.1 Å². The number of rotatable bonds is 6. The SMILES string of the molecule is CC(C)(CNC(=O)NC(C)(CO)C1CC1)c1cccs1. The highest BCUT2D eigenvalue weighted by Crippen LogP contribution is 2.39. The van der Waals surface area contributed by atoms with Crippen LogP contribution in [-0.2, 0) is 5.41 Å². The van der Waals surface area contributed by atoms with Crippen molar-refractivity contribution in [1.29, 1.82) is 0 Å². The number of carbonyl (C=O) groups excluding carboxylic acids is 1. The van der Waals surface area contributed by atoms with Crippen LogP contribution in [0.2, 0.25) is 0 Å². The van der Waals surface area contributed by atoms with E-state index in [0.29, 0.717) is 12.5 Å². The number of carbonyl (C=O) groups is 1. The van der Waals surface area contributed by atoms with E-state index in [1.54, 1.807) is 11.3 Å². The molecule has 1 fully saturated rings. The van der Waals surface area contributed by atoms with Crippen LogP contribution in [-0.4, -0.2) is 29.8 Å². The molecule has 4 nitrogen and oxygen atoms in total. The Morgan fingerprint density at radius 2 is 2.15 bits per heavy atom. The number of hydrogen-bond donors (Lipinski definition) is 3. The van der Waals surface area contributed by atoms with Crippen LogP contribution < -0.4 is 10.6 Å². The summed E-state index contributed by atoms with van der Waals surface area (Å²) in [5, 5.41) is 17.4. The molecule has 0 bridgehead atoms. The van der Waals surface area contributed by atoms with E-state index >= 15 is 0 Å². The van der Waals surface area contributed by atoms with Crippen LogP contribution in [0.15, 0.2) is 17.5 Å². The number of aliphatic hydroxyl groups is 1. The van der Waals surface area contributed by atoms with Crippen molar-refractivity contribution in [3.05, 3.63) is 22.4 Å². The van der Waals surface area contributed by atoms with Crippen molar-refractivity contribution in [2.24, 2.45) is 5.92 Å². The van der Waals surface area contributed by atoms with Gasteiger partial charge in [-0.15, -0.1) is 11.3 Å².